The van der Waals surface area contributed by atoms with Crippen molar-refractivity contribution in [2.75, 3.05) is 5.43 Å². The van der Waals surface area contributed by atoms with Gasteiger partial charge in [-0.25, -0.2) is 0 Å². The van der Waals surface area contributed by atoms with E-state index in [1.165, 1.54) is 41.8 Å². The van der Waals surface area contributed by atoms with Crippen LogP contribution in [-0.2, 0) is 10.4 Å². The summed E-state index contributed by atoms with van der Waals surface area (Å²) in [4.78, 5) is 4.99. The van der Waals surface area contributed by atoms with Crippen LogP contribution in [0.5, 0.6) is 0 Å². The fourth-order valence-corrected chi connectivity index (χ4v) is 3.34. The number of hydrogen-bond donors (Lipinski definition) is 2. The molecule has 3 rings (SSSR count). The first kappa shape index (κ1) is 19.9. The summed E-state index contributed by atoms with van der Waals surface area (Å²) in [6, 6.07) is 8.50. The molecule has 0 radical (unpaired) electrons. The molecule has 0 saturated carbocycles. The standard InChI is InChI=1S/C17H12Cl2F3N3OS/c18-12-4-9(8-27)3-11(6-12)16(17(20,21)22)7-15(25-26-16)10-1-2-13(19)14(5-10)24-23/h1-6,8,24H,7,23H2. The Morgan fingerprint density at radius 3 is 2.59 bits per heavy atom. The number of hydrogen-bond acceptors (Lipinski definition) is 5. The Kier molecular flexibility index (Phi) is 5.36. The van der Waals surface area contributed by atoms with Gasteiger partial charge in [-0.15, -0.1) is 0 Å². The van der Waals surface area contributed by atoms with E-state index in [1.54, 1.807) is 0 Å². The second-order valence-corrected chi connectivity index (χ2v) is 6.94. The van der Waals surface area contributed by atoms with Gasteiger partial charge in [0.05, 0.1) is 16.4 Å². The lowest BCUT2D eigenvalue weighted by atomic mass is 9.86. The van der Waals surface area contributed by atoms with Crippen molar-refractivity contribution in [3.63, 3.8) is 0 Å². The summed E-state index contributed by atoms with van der Waals surface area (Å²) in [6.07, 6.45) is -5.29. The van der Waals surface area contributed by atoms with Crippen LogP contribution < -0.4 is 11.3 Å². The van der Waals surface area contributed by atoms with Gasteiger partial charge in [-0.2, -0.15) is 13.2 Å². The number of nitrogen functional groups attached to an aromatic ring is 1. The highest BCUT2D eigenvalue weighted by Crippen LogP contribution is 2.49. The molecule has 3 N–H and O–H groups in total. The molecule has 0 saturated heterocycles. The van der Waals surface area contributed by atoms with Gasteiger partial charge < -0.3 is 10.3 Å². The van der Waals surface area contributed by atoms with Crippen LogP contribution in [0.15, 0.2) is 41.6 Å². The molecular weight excluding hydrogens is 422 g/mol. The lowest BCUT2D eigenvalue weighted by Crippen LogP contribution is -2.42. The van der Waals surface area contributed by atoms with E-state index in [9.17, 15) is 13.2 Å². The van der Waals surface area contributed by atoms with Crippen molar-refractivity contribution in [2.24, 2.45) is 11.0 Å². The van der Waals surface area contributed by atoms with Gasteiger partial charge in [0.15, 0.2) is 0 Å². The van der Waals surface area contributed by atoms with Crippen molar-refractivity contribution in [1.82, 2.24) is 0 Å². The van der Waals surface area contributed by atoms with Crippen LogP contribution in [0.2, 0.25) is 10.0 Å². The molecule has 0 bridgehead atoms. The van der Waals surface area contributed by atoms with Crippen LogP contribution in [0.4, 0.5) is 18.9 Å². The third kappa shape index (κ3) is 3.62. The maximum Gasteiger partial charge on any atom is 0.435 e. The number of hydrazine groups is 1. The second kappa shape index (κ2) is 7.27. The summed E-state index contributed by atoms with van der Waals surface area (Å²) < 4.78 is 42.1. The molecule has 1 unspecified atom stereocenters. The van der Waals surface area contributed by atoms with Crippen molar-refractivity contribution in [1.29, 1.82) is 0 Å². The molecule has 0 aromatic heterocycles. The van der Waals surface area contributed by atoms with Crippen molar-refractivity contribution < 1.29 is 18.0 Å². The highest BCUT2D eigenvalue weighted by atomic mass is 35.5. The number of anilines is 1. The van der Waals surface area contributed by atoms with Gasteiger partial charge in [0.2, 0.25) is 0 Å². The minimum atomic E-state index is -4.75. The predicted octanol–water partition coefficient (Wildman–Crippen LogP) is 5.21. The lowest BCUT2D eigenvalue weighted by Gasteiger charge is -2.29. The Morgan fingerprint density at radius 2 is 1.96 bits per heavy atom. The largest absolute Gasteiger partial charge is 0.435 e. The summed E-state index contributed by atoms with van der Waals surface area (Å²) in [7, 11) is 0. The number of halogens is 5. The maximum atomic E-state index is 14.0. The molecular formula is C17H12Cl2F3N3OS. The quantitative estimate of drug-likeness (QED) is 0.394. The van der Waals surface area contributed by atoms with Gasteiger partial charge in [0.25, 0.3) is 5.60 Å². The highest BCUT2D eigenvalue weighted by molar-refractivity contribution is 7.79. The molecule has 1 aliphatic rings. The first-order valence-corrected chi connectivity index (χ1v) is 8.77. The third-order valence-corrected chi connectivity index (χ3v) is 4.98. The first-order valence-electron chi connectivity index (χ1n) is 7.55. The van der Waals surface area contributed by atoms with E-state index >= 15 is 0 Å². The number of nitrogens with one attached hydrogen (secondary N) is 1. The summed E-state index contributed by atoms with van der Waals surface area (Å²) in [6.45, 7) is 0. The molecule has 10 heteroatoms. The molecule has 2 aromatic rings. The smallest absolute Gasteiger partial charge is 0.374 e. The molecule has 0 spiro atoms. The van der Waals surface area contributed by atoms with Crippen LogP contribution >= 0.6 is 35.4 Å². The minimum absolute atomic E-state index is 0.101. The average molecular weight is 434 g/mol. The second-order valence-electron chi connectivity index (χ2n) is 5.86. The molecule has 142 valence electrons. The van der Waals surface area contributed by atoms with Gasteiger partial charge in [0, 0.05) is 27.9 Å². The van der Waals surface area contributed by atoms with Crippen molar-refractivity contribution >= 4 is 52.2 Å². The SMILES string of the molecule is NNc1cc(C2=NOC(c3cc(Cl)cc(C=S)c3)(C(F)(F)F)C2)ccc1Cl. The van der Waals surface area contributed by atoms with Crippen molar-refractivity contribution in [3.8, 4) is 0 Å². The van der Waals surface area contributed by atoms with E-state index in [-0.39, 0.29) is 16.3 Å². The number of nitrogens with zero attached hydrogens (tertiary/aromatic N) is 1. The lowest BCUT2D eigenvalue weighted by molar-refractivity contribution is -0.275. The summed E-state index contributed by atoms with van der Waals surface area (Å²) >= 11 is 16.7. The van der Waals surface area contributed by atoms with E-state index in [2.05, 4.69) is 10.6 Å². The van der Waals surface area contributed by atoms with Gasteiger partial charge in [-0.1, -0.05) is 46.6 Å². The van der Waals surface area contributed by atoms with E-state index in [4.69, 9.17) is 46.1 Å². The number of thiocarbonyl (C=S) groups is 1. The number of rotatable bonds is 4. The van der Waals surface area contributed by atoms with Crippen LogP contribution in [0, 0.1) is 0 Å². The molecule has 0 fully saturated rings. The predicted molar refractivity (Wildman–Crippen MR) is 103 cm³/mol. The fraction of sp³-hybridized carbons (Fsp3) is 0.176. The molecule has 4 nitrogen and oxygen atoms in total. The fourth-order valence-electron chi connectivity index (χ4n) is 2.79. The molecule has 27 heavy (non-hydrogen) atoms. The summed E-state index contributed by atoms with van der Waals surface area (Å²) in [5.74, 6) is 5.37. The molecule has 1 heterocycles. The average Bonchev–Trinajstić information content (AvgIpc) is 3.08. The van der Waals surface area contributed by atoms with E-state index in [0.717, 1.165) is 0 Å². The monoisotopic (exact) mass is 433 g/mol. The normalized spacial score (nSPS) is 19.4. The number of alkyl halides is 3. The Balaban J connectivity index is 2.05. The van der Waals surface area contributed by atoms with Gasteiger partial charge in [-0.3, -0.25) is 5.84 Å². The topological polar surface area (TPSA) is 59.6 Å². The molecule has 1 atom stereocenters. The zero-order valence-corrected chi connectivity index (χ0v) is 15.8. The number of benzene rings is 2. The Morgan fingerprint density at radius 1 is 1.22 bits per heavy atom. The Bertz CT molecular complexity index is 936. The van der Waals surface area contributed by atoms with E-state index in [1.807, 2.05) is 0 Å². The van der Waals surface area contributed by atoms with Gasteiger partial charge >= 0.3 is 6.18 Å². The Hall–Kier alpha value is -1.87. The zero-order valence-electron chi connectivity index (χ0n) is 13.5. The number of nitrogens with two attached hydrogens (primary N) is 1. The third-order valence-electron chi connectivity index (χ3n) is 4.16. The molecule has 1 aliphatic heterocycles. The minimum Gasteiger partial charge on any atom is -0.374 e. The maximum absolute atomic E-state index is 14.0. The zero-order chi connectivity index (χ0) is 19.8. The van der Waals surface area contributed by atoms with Crippen LogP contribution in [0.25, 0.3) is 0 Å². The van der Waals surface area contributed by atoms with Crippen molar-refractivity contribution in [2.45, 2.75) is 18.2 Å². The molecule has 2 aromatic carbocycles. The van der Waals surface area contributed by atoms with Crippen molar-refractivity contribution in [3.05, 3.63) is 63.1 Å². The number of oxime groups is 1. The summed E-state index contributed by atoms with van der Waals surface area (Å²) in [5.41, 5.74) is 0.757. The van der Waals surface area contributed by atoms with Crippen LogP contribution in [-0.4, -0.2) is 17.3 Å². The summed E-state index contributed by atoms with van der Waals surface area (Å²) in [5, 5.41) is 5.38. The molecule has 0 aliphatic carbocycles. The van der Waals surface area contributed by atoms with Crippen LogP contribution in [0.1, 0.15) is 23.1 Å². The highest BCUT2D eigenvalue weighted by Gasteiger charge is 2.62. The Labute approximate surface area is 168 Å². The molecule has 0 amide bonds. The van der Waals surface area contributed by atoms with Gasteiger partial charge in [-0.05, 0) is 35.9 Å². The first-order chi connectivity index (χ1) is 12.7. The van der Waals surface area contributed by atoms with Gasteiger partial charge in [0.1, 0.15) is 0 Å². The van der Waals surface area contributed by atoms with E-state index < -0.39 is 18.2 Å². The van der Waals surface area contributed by atoms with Crippen LogP contribution in [0.3, 0.4) is 0 Å². The van der Waals surface area contributed by atoms with E-state index in [0.29, 0.717) is 21.8 Å².